The fourth-order valence-electron chi connectivity index (χ4n) is 3.00. The van der Waals surface area contributed by atoms with E-state index < -0.39 is 41.5 Å². The minimum atomic E-state index is -2.75. The standard InChI is InChI=1S/C16H24O9/c17-11(18)9-7-5-3-1-2-4-6-8-10-14(21)25-12(13(19)20)16(10,24)15(22)23/h10,12,24H,1-9H2,(H,17,18)(H,19,20)(H,22,23)/t10-,12+,16-/m0/s1. The molecule has 1 saturated heterocycles. The summed E-state index contributed by atoms with van der Waals surface area (Å²) in [6.45, 7) is 0. The van der Waals surface area contributed by atoms with Crippen molar-refractivity contribution in [2.45, 2.75) is 69.5 Å². The van der Waals surface area contributed by atoms with Crippen molar-refractivity contribution in [1.29, 1.82) is 0 Å². The molecular formula is C16H24O9. The molecule has 142 valence electrons. The Morgan fingerprint density at radius 1 is 0.920 bits per heavy atom. The molecule has 4 N–H and O–H groups in total. The first kappa shape index (κ1) is 20.9. The van der Waals surface area contributed by atoms with Crippen molar-refractivity contribution >= 4 is 23.9 Å². The van der Waals surface area contributed by atoms with E-state index in [0.717, 1.165) is 25.7 Å². The van der Waals surface area contributed by atoms with Gasteiger partial charge in [-0.05, 0) is 12.8 Å². The maximum absolute atomic E-state index is 11.7. The van der Waals surface area contributed by atoms with E-state index in [9.17, 15) is 24.3 Å². The Labute approximate surface area is 144 Å². The van der Waals surface area contributed by atoms with Crippen LogP contribution in [-0.4, -0.2) is 56.0 Å². The first-order chi connectivity index (χ1) is 11.7. The van der Waals surface area contributed by atoms with E-state index in [1.807, 2.05) is 0 Å². The number of hydrogen-bond donors (Lipinski definition) is 4. The lowest BCUT2D eigenvalue weighted by Crippen LogP contribution is -2.54. The number of cyclic esters (lactones) is 1. The second-order valence-electron chi connectivity index (χ2n) is 6.25. The Morgan fingerprint density at radius 3 is 1.92 bits per heavy atom. The van der Waals surface area contributed by atoms with Gasteiger partial charge in [-0.15, -0.1) is 0 Å². The maximum atomic E-state index is 11.7. The number of esters is 1. The number of aliphatic hydroxyl groups is 1. The summed E-state index contributed by atoms with van der Waals surface area (Å²) in [4.78, 5) is 44.4. The zero-order valence-electron chi connectivity index (χ0n) is 13.8. The van der Waals surface area contributed by atoms with Gasteiger partial charge in [-0.25, -0.2) is 9.59 Å². The van der Waals surface area contributed by atoms with Crippen LogP contribution in [0.2, 0.25) is 0 Å². The van der Waals surface area contributed by atoms with Gasteiger partial charge in [0.05, 0.1) is 0 Å². The van der Waals surface area contributed by atoms with Crippen molar-refractivity contribution in [3.05, 3.63) is 0 Å². The molecule has 0 bridgehead atoms. The van der Waals surface area contributed by atoms with Gasteiger partial charge in [0.1, 0.15) is 5.92 Å². The van der Waals surface area contributed by atoms with Crippen LogP contribution in [0, 0.1) is 5.92 Å². The third-order valence-electron chi connectivity index (χ3n) is 4.40. The Morgan fingerprint density at radius 2 is 1.44 bits per heavy atom. The molecule has 0 spiro atoms. The smallest absolute Gasteiger partial charge is 0.348 e. The predicted molar refractivity (Wildman–Crippen MR) is 82.8 cm³/mol. The second-order valence-corrected chi connectivity index (χ2v) is 6.25. The van der Waals surface area contributed by atoms with Crippen LogP contribution in [0.3, 0.4) is 0 Å². The molecule has 25 heavy (non-hydrogen) atoms. The van der Waals surface area contributed by atoms with Crippen LogP contribution in [0.4, 0.5) is 0 Å². The largest absolute Gasteiger partial charge is 0.481 e. The van der Waals surface area contributed by atoms with Crippen LogP contribution >= 0.6 is 0 Å². The fraction of sp³-hybridized carbons (Fsp3) is 0.750. The summed E-state index contributed by atoms with van der Waals surface area (Å²) in [5, 5.41) is 36.8. The average Bonchev–Trinajstić information content (AvgIpc) is 2.78. The normalized spacial score (nSPS) is 25.6. The van der Waals surface area contributed by atoms with Gasteiger partial charge in [-0.1, -0.05) is 38.5 Å². The number of unbranched alkanes of at least 4 members (excludes halogenated alkanes) is 6. The molecule has 0 aromatic carbocycles. The lowest BCUT2D eigenvalue weighted by molar-refractivity contribution is -0.179. The van der Waals surface area contributed by atoms with Gasteiger partial charge >= 0.3 is 23.9 Å². The molecule has 3 atom stereocenters. The molecule has 0 unspecified atom stereocenters. The molecule has 9 heteroatoms. The summed E-state index contributed by atoms with van der Waals surface area (Å²) in [5.41, 5.74) is -2.75. The first-order valence-corrected chi connectivity index (χ1v) is 8.32. The molecule has 1 aliphatic rings. The van der Waals surface area contributed by atoms with E-state index in [4.69, 9.17) is 15.3 Å². The average molecular weight is 360 g/mol. The molecule has 0 aromatic rings. The van der Waals surface area contributed by atoms with Gasteiger partial charge in [0, 0.05) is 6.42 Å². The number of hydrogen-bond acceptors (Lipinski definition) is 6. The highest BCUT2D eigenvalue weighted by atomic mass is 16.6. The number of aliphatic carboxylic acids is 3. The van der Waals surface area contributed by atoms with Crippen LogP contribution in [0.15, 0.2) is 0 Å². The number of carboxylic acid groups (broad SMARTS) is 3. The highest BCUT2D eigenvalue weighted by Gasteiger charge is 2.64. The third-order valence-corrected chi connectivity index (χ3v) is 4.40. The lowest BCUT2D eigenvalue weighted by atomic mass is 9.82. The zero-order valence-corrected chi connectivity index (χ0v) is 13.8. The van der Waals surface area contributed by atoms with E-state index in [2.05, 4.69) is 4.74 Å². The van der Waals surface area contributed by atoms with Gasteiger partial charge in [-0.3, -0.25) is 9.59 Å². The van der Waals surface area contributed by atoms with Crippen molar-refractivity contribution < 1.29 is 44.3 Å². The van der Waals surface area contributed by atoms with Crippen LogP contribution in [0.1, 0.15) is 57.8 Å². The van der Waals surface area contributed by atoms with Crippen LogP contribution in [0.5, 0.6) is 0 Å². The van der Waals surface area contributed by atoms with Gasteiger partial charge in [-0.2, -0.15) is 0 Å². The molecule has 1 fully saturated rings. The number of carboxylic acids is 3. The van der Waals surface area contributed by atoms with E-state index in [-0.39, 0.29) is 12.8 Å². The van der Waals surface area contributed by atoms with Crippen molar-refractivity contribution in [3.63, 3.8) is 0 Å². The molecule has 0 aliphatic carbocycles. The summed E-state index contributed by atoms with van der Waals surface area (Å²) in [5.74, 6) is -6.70. The minimum Gasteiger partial charge on any atom is -0.481 e. The second kappa shape index (κ2) is 9.36. The molecule has 1 aliphatic heterocycles. The Hall–Kier alpha value is -2.16. The summed E-state index contributed by atoms with van der Waals surface area (Å²) in [7, 11) is 0. The van der Waals surface area contributed by atoms with E-state index >= 15 is 0 Å². The Bertz CT molecular complexity index is 516. The quantitative estimate of drug-likeness (QED) is 0.294. The van der Waals surface area contributed by atoms with Crippen LogP contribution in [0.25, 0.3) is 0 Å². The summed E-state index contributed by atoms with van der Waals surface area (Å²) < 4.78 is 4.54. The molecule has 9 nitrogen and oxygen atoms in total. The maximum Gasteiger partial charge on any atom is 0.348 e. The molecule has 0 aromatic heterocycles. The molecule has 0 radical (unpaired) electrons. The molecular weight excluding hydrogens is 336 g/mol. The molecule has 1 heterocycles. The van der Waals surface area contributed by atoms with Crippen molar-refractivity contribution in [3.8, 4) is 0 Å². The van der Waals surface area contributed by atoms with Crippen molar-refractivity contribution in [1.82, 2.24) is 0 Å². The topological polar surface area (TPSA) is 158 Å². The number of ether oxygens (including phenoxy) is 1. The zero-order chi connectivity index (χ0) is 19.0. The van der Waals surface area contributed by atoms with E-state index in [0.29, 0.717) is 19.3 Å². The van der Waals surface area contributed by atoms with Crippen LogP contribution < -0.4 is 0 Å². The highest BCUT2D eigenvalue weighted by Crippen LogP contribution is 2.37. The molecule has 1 rings (SSSR count). The van der Waals surface area contributed by atoms with E-state index in [1.54, 1.807) is 0 Å². The third kappa shape index (κ3) is 5.42. The predicted octanol–water partition coefficient (Wildman–Crippen LogP) is 1.02. The summed E-state index contributed by atoms with van der Waals surface area (Å²) >= 11 is 0. The lowest BCUT2D eigenvalue weighted by Gasteiger charge is -2.24. The number of carbonyl (C=O) groups is 4. The van der Waals surface area contributed by atoms with Gasteiger partial charge in [0.15, 0.2) is 0 Å². The fourth-order valence-corrected chi connectivity index (χ4v) is 3.00. The van der Waals surface area contributed by atoms with Gasteiger partial charge in [0.2, 0.25) is 11.7 Å². The van der Waals surface area contributed by atoms with Crippen LogP contribution in [-0.2, 0) is 23.9 Å². The highest BCUT2D eigenvalue weighted by molar-refractivity contribution is 5.97. The first-order valence-electron chi connectivity index (χ1n) is 8.32. The van der Waals surface area contributed by atoms with Gasteiger partial charge in [0.25, 0.3) is 0 Å². The number of rotatable bonds is 12. The SMILES string of the molecule is O=C(O)CCCCCCCCC[C@H]1C(=O)O[C@H](C(=O)O)[C@]1(O)C(=O)O. The van der Waals surface area contributed by atoms with Crippen molar-refractivity contribution in [2.24, 2.45) is 5.92 Å². The van der Waals surface area contributed by atoms with E-state index in [1.165, 1.54) is 0 Å². The Balaban J connectivity index is 2.36. The van der Waals surface area contributed by atoms with Crippen molar-refractivity contribution in [2.75, 3.05) is 0 Å². The monoisotopic (exact) mass is 360 g/mol. The molecule has 0 saturated carbocycles. The number of carbonyl (C=O) groups excluding carboxylic acids is 1. The van der Waals surface area contributed by atoms with Gasteiger partial charge < -0.3 is 25.2 Å². The summed E-state index contributed by atoms with van der Waals surface area (Å²) in [6, 6.07) is 0. The summed E-state index contributed by atoms with van der Waals surface area (Å²) in [6.07, 6.45) is 3.28. The molecule has 0 amide bonds. The minimum absolute atomic E-state index is 0.0322. The Kier molecular flexibility index (Phi) is 7.82.